The molecule has 0 aliphatic carbocycles. The maximum atomic E-state index is 12.6. The van der Waals surface area contributed by atoms with Gasteiger partial charge in [0.2, 0.25) is 0 Å². The second kappa shape index (κ2) is 4.96. The molecule has 1 aliphatic heterocycles. The maximum Gasteiger partial charge on any atom is 0.192 e. The van der Waals surface area contributed by atoms with E-state index in [9.17, 15) is 4.79 Å². The van der Waals surface area contributed by atoms with E-state index in [0.717, 1.165) is 0 Å². The molecule has 0 bridgehead atoms. The van der Waals surface area contributed by atoms with Crippen molar-refractivity contribution in [3.8, 4) is 11.5 Å². The molecule has 1 aromatic carbocycles. The van der Waals surface area contributed by atoms with Crippen LogP contribution in [0.1, 0.15) is 16.8 Å². The van der Waals surface area contributed by atoms with Gasteiger partial charge in [-0.25, -0.2) is 0 Å². The third-order valence-electron chi connectivity index (χ3n) is 3.16. The number of Topliss-reactive ketones (excluding diaryl/α,β-unsaturated/α-hetero) is 1. The van der Waals surface area contributed by atoms with Crippen molar-refractivity contribution in [2.24, 2.45) is 5.73 Å². The fraction of sp³-hybridized carbons (Fsp3) is 0.462. The minimum Gasteiger partial charge on any atom is -0.496 e. The summed E-state index contributed by atoms with van der Waals surface area (Å²) in [6.45, 7) is 0.729. The Bertz CT molecular complexity index is 430. The van der Waals surface area contributed by atoms with Crippen LogP contribution in [0.2, 0.25) is 0 Å². The van der Waals surface area contributed by atoms with Gasteiger partial charge in [-0.2, -0.15) is 0 Å². The highest BCUT2D eigenvalue weighted by molar-refractivity contribution is 6.07. The van der Waals surface area contributed by atoms with Crippen molar-refractivity contribution in [3.05, 3.63) is 23.8 Å². The van der Waals surface area contributed by atoms with Crippen molar-refractivity contribution in [2.45, 2.75) is 12.0 Å². The van der Waals surface area contributed by atoms with Crippen LogP contribution in [-0.2, 0) is 4.74 Å². The number of carbonyl (C=O) groups excluding carboxylic acids is 1. The molecule has 0 spiro atoms. The molecule has 0 aromatic heterocycles. The van der Waals surface area contributed by atoms with Gasteiger partial charge in [-0.3, -0.25) is 4.79 Å². The number of carbonyl (C=O) groups is 1. The fourth-order valence-electron chi connectivity index (χ4n) is 2.08. The molecule has 1 heterocycles. The van der Waals surface area contributed by atoms with E-state index in [1.54, 1.807) is 18.2 Å². The zero-order chi connectivity index (χ0) is 13.2. The van der Waals surface area contributed by atoms with Gasteiger partial charge in [0.15, 0.2) is 5.78 Å². The molecule has 1 atom stereocenters. The van der Waals surface area contributed by atoms with Crippen LogP contribution >= 0.6 is 0 Å². The van der Waals surface area contributed by atoms with Crippen LogP contribution in [0, 0.1) is 0 Å². The van der Waals surface area contributed by atoms with E-state index in [2.05, 4.69) is 0 Å². The minimum atomic E-state index is -0.984. The zero-order valence-electron chi connectivity index (χ0n) is 10.6. The van der Waals surface area contributed by atoms with E-state index >= 15 is 0 Å². The summed E-state index contributed by atoms with van der Waals surface area (Å²) >= 11 is 0. The Morgan fingerprint density at radius 2 is 1.94 bits per heavy atom. The van der Waals surface area contributed by atoms with Gasteiger partial charge in [0.1, 0.15) is 22.6 Å². The summed E-state index contributed by atoms with van der Waals surface area (Å²) in [4.78, 5) is 12.6. The molecule has 5 heteroatoms. The van der Waals surface area contributed by atoms with Crippen LogP contribution in [0.15, 0.2) is 18.2 Å². The second-order valence-corrected chi connectivity index (χ2v) is 4.33. The monoisotopic (exact) mass is 251 g/mol. The molecule has 1 fully saturated rings. The first-order chi connectivity index (χ1) is 8.62. The average molecular weight is 251 g/mol. The first-order valence-corrected chi connectivity index (χ1v) is 5.75. The summed E-state index contributed by atoms with van der Waals surface area (Å²) in [6.07, 6.45) is 0.507. The molecule has 2 N–H and O–H groups in total. The van der Waals surface area contributed by atoms with E-state index in [-0.39, 0.29) is 12.4 Å². The van der Waals surface area contributed by atoms with Crippen LogP contribution < -0.4 is 15.2 Å². The average Bonchev–Trinajstić information content (AvgIpc) is 2.85. The molecule has 1 saturated heterocycles. The van der Waals surface area contributed by atoms with Crippen molar-refractivity contribution in [2.75, 3.05) is 27.4 Å². The summed E-state index contributed by atoms with van der Waals surface area (Å²) in [5, 5.41) is 0. The summed E-state index contributed by atoms with van der Waals surface area (Å²) < 4.78 is 15.7. The van der Waals surface area contributed by atoms with Crippen molar-refractivity contribution in [3.63, 3.8) is 0 Å². The smallest absolute Gasteiger partial charge is 0.192 e. The standard InChI is InChI=1S/C13H17NO4/c1-16-9-4-3-5-10(17-2)11(9)12(15)13(14)6-7-18-8-13/h3-5H,6-8,14H2,1-2H3. The second-order valence-electron chi connectivity index (χ2n) is 4.33. The van der Waals surface area contributed by atoms with E-state index in [4.69, 9.17) is 19.9 Å². The highest BCUT2D eigenvalue weighted by Crippen LogP contribution is 2.33. The van der Waals surface area contributed by atoms with E-state index in [0.29, 0.717) is 30.1 Å². The van der Waals surface area contributed by atoms with Crippen molar-refractivity contribution in [1.29, 1.82) is 0 Å². The van der Waals surface area contributed by atoms with Crippen molar-refractivity contribution in [1.82, 2.24) is 0 Å². The van der Waals surface area contributed by atoms with Crippen LogP contribution in [0.3, 0.4) is 0 Å². The molecule has 1 aromatic rings. The van der Waals surface area contributed by atoms with Crippen LogP contribution in [-0.4, -0.2) is 38.8 Å². The number of hydrogen-bond donors (Lipinski definition) is 1. The highest BCUT2D eigenvalue weighted by Gasteiger charge is 2.41. The van der Waals surface area contributed by atoms with Crippen molar-refractivity contribution < 1.29 is 19.0 Å². The number of hydrogen-bond acceptors (Lipinski definition) is 5. The molecule has 1 aliphatic rings. The first-order valence-electron chi connectivity index (χ1n) is 5.75. The number of ether oxygens (including phenoxy) is 3. The minimum absolute atomic E-state index is 0.200. The van der Waals surface area contributed by atoms with Gasteiger partial charge in [-0.1, -0.05) is 6.07 Å². The molecule has 18 heavy (non-hydrogen) atoms. The van der Waals surface area contributed by atoms with Gasteiger partial charge < -0.3 is 19.9 Å². The van der Waals surface area contributed by atoms with Crippen LogP contribution in [0.5, 0.6) is 11.5 Å². The van der Waals surface area contributed by atoms with E-state index in [1.807, 2.05) is 0 Å². The molecule has 2 rings (SSSR count). The Hall–Kier alpha value is -1.59. The van der Waals surface area contributed by atoms with Gasteiger partial charge >= 0.3 is 0 Å². The summed E-state index contributed by atoms with van der Waals surface area (Å²) in [5.41, 5.74) is 5.50. The Morgan fingerprint density at radius 1 is 1.33 bits per heavy atom. The Morgan fingerprint density at radius 3 is 2.39 bits per heavy atom. The topological polar surface area (TPSA) is 70.8 Å². The molecular weight excluding hydrogens is 234 g/mol. The fourth-order valence-corrected chi connectivity index (χ4v) is 2.08. The van der Waals surface area contributed by atoms with Gasteiger partial charge in [0.05, 0.1) is 20.8 Å². The van der Waals surface area contributed by atoms with Gasteiger partial charge in [-0.05, 0) is 18.6 Å². The SMILES string of the molecule is COc1cccc(OC)c1C(=O)C1(N)CCOC1. The Kier molecular flexibility index (Phi) is 3.54. The lowest BCUT2D eigenvalue weighted by molar-refractivity contribution is 0.0856. The molecular formula is C13H17NO4. The highest BCUT2D eigenvalue weighted by atomic mass is 16.5. The lowest BCUT2D eigenvalue weighted by Gasteiger charge is -2.22. The zero-order valence-corrected chi connectivity index (χ0v) is 10.6. The lowest BCUT2D eigenvalue weighted by Crippen LogP contribution is -2.48. The van der Waals surface area contributed by atoms with Crippen LogP contribution in [0.4, 0.5) is 0 Å². The normalized spacial score (nSPS) is 22.8. The Labute approximate surface area is 106 Å². The predicted octanol–water partition coefficient (Wildman–Crippen LogP) is 1.00. The number of benzene rings is 1. The molecule has 0 amide bonds. The largest absolute Gasteiger partial charge is 0.496 e. The third kappa shape index (κ3) is 2.07. The van der Waals surface area contributed by atoms with E-state index < -0.39 is 5.54 Å². The molecule has 5 nitrogen and oxygen atoms in total. The molecule has 1 unspecified atom stereocenters. The third-order valence-corrected chi connectivity index (χ3v) is 3.16. The summed E-state index contributed by atoms with van der Waals surface area (Å²) in [7, 11) is 3.03. The lowest BCUT2D eigenvalue weighted by atomic mass is 9.88. The predicted molar refractivity (Wildman–Crippen MR) is 66.2 cm³/mol. The molecule has 0 radical (unpaired) electrons. The number of rotatable bonds is 4. The number of methoxy groups -OCH3 is 2. The van der Waals surface area contributed by atoms with E-state index in [1.165, 1.54) is 14.2 Å². The quantitative estimate of drug-likeness (QED) is 0.808. The van der Waals surface area contributed by atoms with Gasteiger partial charge in [-0.15, -0.1) is 0 Å². The molecule has 0 saturated carbocycles. The summed E-state index contributed by atoms with van der Waals surface area (Å²) in [5.74, 6) is 0.737. The first kappa shape index (κ1) is 12.9. The van der Waals surface area contributed by atoms with Gasteiger partial charge in [0.25, 0.3) is 0 Å². The number of nitrogens with two attached hydrogens (primary N) is 1. The van der Waals surface area contributed by atoms with Gasteiger partial charge in [0, 0.05) is 6.61 Å². The maximum absolute atomic E-state index is 12.6. The number of ketones is 1. The van der Waals surface area contributed by atoms with Crippen molar-refractivity contribution >= 4 is 5.78 Å². The molecule has 98 valence electrons. The Balaban J connectivity index is 2.46. The summed E-state index contributed by atoms with van der Waals surface area (Å²) in [6, 6.07) is 5.20. The van der Waals surface area contributed by atoms with Crippen LogP contribution in [0.25, 0.3) is 0 Å².